The second kappa shape index (κ2) is 5.53. The maximum Gasteiger partial charge on any atom is 0.270 e. The number of carbonyl (C=O) groups is 1. The predicted molar refractivity (Wildman–Crippen MR) is 77.3 cm³/mol. The highest BCUT2D eigenvalue weighted by Gasteiger charge is 2.16. The van der Waals surface area contributed by atoms with Crippen molar-refractivity contribution in [3.63, 3.8) is 0 Å². The monoisotopic (exact) mass is 304 g/mol. The van der Waals surface area contributed by atoms with Crippen molar-refractivity contribution in [2.24, 2.45) is 0 Å². The SMILES string of the molecule is Cc1nc2ccc(Cl)cn2c1C(=O)NCCn1ccnn1. The molecule has 0 aliphatic carbocycles. The maximum atomic E-state index is 12.3. The average Bonchev–Trinajstić information content (AvgIpc) is 3.05. The molecule has 108 valence electrons. The third-order valence-corrected chi connectivity index (χ3v) is 3.29. The second-order valence-corrected chi connectivity index (χ2v) is 4.98. The Labute approximate surface area is 125 Å². The van der Waals surface area contributed by atoms with Crippen molar-refractivity contribution >= 4 is 23.2 Å². The van der Waals surface area contributed by atoms with Gasteiger partial charge in [-0.25, -0.2) is 4.98 Å². The Bertz CT molecular complexity index is 779. The van der Waals surface area contributed by atoms with Gasteiger partial charge in [0.25, 0.3) is 5.91 Å². The van der Waals surface area contributed by atoms with Crippen molar-refractivity contribution < 1.29 is 4.79 Å². The summed E-state index contributed by atoms with van der Waals surface area (Å²) >= 11 is 5.98. The molecule has 0 radical (unpaired) electrons. The summed E-state index contributed by atoms with van der Waals surface area (Å²) in [6.07, 6.45) is 5.02. The van der Waals surface area contributed by atoms with Crippen molar-refractivity contribution in [3.8, 4) is 0 Å². The molecule has 0 saturated carbocycles. The van der Waals surface area contributed by atoms with Crippen LogP contribution in [-0.4, -0.2) is 36.8 Å². The van der Waals surface area contributed by atoms with E-state index in [-0.39, 0.29) is 5.91 Å². The van der Waals surface area contributed by atoms with E-state index in [0.29, 0.717) is 35.1 Å². The first kappa shape index (κ1) is 13.6. The highest BCUT2D eigenvalue weighted by Crippen LogP contribution is 2.16. The van der Waals surface area contributed by atoms with Crippen LogP contribution in [0.25, 0.3) is 5.65 Å². The molecule has 0 aliphatic heterocycles. The van der Waals surface area contributed by atoms with Gasteiger partial charge in [-0.05, 0) is 19.1 Å². The second-order valence-electron chi connectivity index (χ2n) is 4.54. The van der Waals surface area contributed by atoms with E-state index in [9.17, 15) is 4.79 Å². The summed E-state index contributed by atoms with van der Waals surface area (Å²) in [5.41, 5.74) is 1.85. The summed E-state index contributed by atoms with van der Waals surface area (Å²) in [5, 5.41) is 10.9. The zero-order chi connectivity index (χ0) is 14.8. The third kappa shape index (κ3) is 2.73. The van der Waals surface area contributed by atoms with E-state index in [4.69, 9.17) is 11.6 Å². The van der Waals surface area contributed by atoms with Gasteiger partial charge in [-0.2, -0.15) is 0 Å². The third-order valence-electron chi connectivity index (χ3n) is 3.07. The predicted octanol–water partition coefficient (Wildman–Crippen LogP) is 1.32. The quantitative estimate of drug-likeness (QED) is 0.788. The Morgan fingerprint density at radius 2 is 2.29 bits per heavy atom. The fraction of sp³-hybridized carbons (Fsp3) is 0.231. The van der Waals surface area contributed by atoms with Crippen molar-refractivity contribution in [1.82, 2.24) is 29.7 Å². The Hall–Kier alpha value is -2.41. The molecule has 21 heavy (non-hydrogen) atoms. The van der Waals surface area contributed by atoms with Gasteiger partial charge in [0, 0.05) is 18.9 Å². The van der Waals surface area contributed by atoms with Crippen molar-refractivity contribution in [2.75, 3.05) is 6.54 Å². The number of nitrogens with one attached hydrogen (secondary N) is 1. The Morgan fingerprint density at radius 1 is 1.43 bits per heavy atom. The van der Waals surface area contributed by atoms with Crippen LogP contribution < -0.4 is 5.32 Å². The zero-order valence-electron chi connectivity index (χ0n) is 11.3. The first-order valence-electron chi connectivity index (χ1n) is 6.41. The number of amides is 1. The molecule has 0 spiro atoms. The molecular formula is C13H13ClN6O. The highest BCUT2D eigenvalue weighted by molar-refractivity contribution is 6.30. The molecular weight excluding hydrogens is 292 g/mol. The summed E-state index contributed by atoms with van der Waals surface area (Å²) in [6, 6.07) is 3.53. The number of aryl methyl sites for hydroxylation is 1. The van der Waals surface area contributed by atoms with Gasteiger partial charge in [-0.1, -0.05) is 16.8 Å². The van der Waals surface area contributed by atoms with Crippen LogP contribution in [0.4, 0.5) is 0 Å². The van der Waals surface area contributed by atoms with Crippen LogP contribution in [0.2, 0.25) is 5.02 Å². The molecule has 0 bridgehead atoms. The number of fused-ring (bicyclic) bond motifs is 1. The summed E-state index contributed by atoms with van der Waals surface area (Å²) in [4.78, 5) is 16.7. The number of imidazole rings is 1. The summed E-state index contributed by atoms with van der Waals surface area (Å²) in [6.45, 7) is 2.81. The van der Waals surface area contributed by atoms with E-state index in [1.165, 1.54) is 0 Å². The molecule has 0 atom stereocenters. The molecule has 0 aromatic carbocycles. The number of rotatable bonds is 4. The molecule has 3 heterocycles. The number of aromatic nitrogens is 5. The van der Waals surface area contributed by atoms with Gasteiger partial charge >= 0.3 is 0 Å². The lowest BCUT2D eigenvalue weighted by molar-refractivity contribution is 0.0945. The molecule has 3 aromatic rings. The summed E-state index contributed by atoms with van der Waals surface area (Å²) in [5.74, 6) is -0.192. The maximum absolute atomic E-state index is 12.3. The van der Waals surface area contributed by atoms with E-state index in [0.717, 1.165) is 0 Å². The lowest BCUT2D eigenvalue weighted by Gasteiger charge is -2.06. The largest absolute Gasteiger partial charge is 0.349 e. The number of hydrogen-bond donors (Lipinski definition) is 1. The van der Waals surface area contributed by atoms with Gasteiger partial charge in [0.15, 0.2) is 0 Å². The van der Waals surface area contributed by atoms with Crippen molar-refractivity contribution in [2.45, 2.75) is 13.5 Å². The van der Waals surface area contributed by atoms with E-state index in [1.807, 2.05) is 0 Å². The van der Waals surface area contributed by atoms with Crippen LogP contribution in [0.15, 0.2) is 30.7 Å². The molecule has 1 N–H and O–H groups in total. The average molecular weight is 305 g/mol. The van der Waals surface area contributed by atoms with E-state index in [1.54, 1.807) is 46.7 Å². The summed E-state index contributed by atoms with van der Waals surface area (Å²) in [7, 11) is 0. The fourth-order valence-corrected chi connectivity index (χ4v) is 2.29. The van der Waals surface area contributed by atoms with Gasteiger partial charge in [0.05, 0.1) is 23.5 Å². The van der Waals surface area contributed by atoms with Crippen LogP contribution in [0.1, 0.15) is 16.2 Å². The number of pyridine rings is 1. The highest BCUT2D eigenvalue weighted by atomic mass is 35.5. The molecule has 0 unspecified atom stereocenters. The van der Waals surface area contributed by atoms with Crippen LogP contribution in [-0.2, 0) is 6.54 Å². The minimum atomic E-state index is -0.192. The number of carbonyl (C=O) groups excluding carboxylic acids is 1. The van der Waals surface area contributed by atoms with Gasteiger partial charge in [0.2, 0.25) is 0 Å². The Kier molecular flexibility index (Phi) is 3.57. The topological polar surface area (TPSA) is 77.1 Å². The Balaban J connectivity index is 1.77. The van der Waals surface area contributed by atoms with E-state index in [2.05, 4.69) is 20.6 Å². The molecule has 3 rings (SSSR count). The summed E-state index contributed by atoms with van der Waals surface area (Å²) < 4.78 is 3.35. The number of halogens is 1. The van der Waals surface area contributed by atoms with Gasteiger partial charge in [0.1, 0.15) is 11.3 Å². The molecule has 0 fully saturated rings. The van der Waals surface area contributed by atoms with Crippen LogP contribution in [0.5, 0.6) is 0 Å². The van der Waals surface area contributed by atoms with Crippen LogP contribution in [0.3, 0.4) is 0 Å². The van der Waals surface area contributed by atoms with Crippen molar-refractivity contribution in [1.29, 1.82) is 0 Å². The van der Waals surface area contributed by atoms with Crippen molar-refractivity contribution in [3.05, 3.63) is 47.1 Å². The van der Waals surface area contributed by atoms with Crippen LogP contribution in [0, 0.1) is 6.92 Å². The minimum Gasteiger partial charge on any atom is -0.349 e. The zero-order valence-corrected chi connectivity index (χ0v) is 12.1. The smallest absolute Gasteiger partial charge is 0.270 e. The first-order chi connectivity index (χ1) is 10.1. The van der Waals surface area contributed by atoms with Gasteiger partial charge < -0.3 is 5.32 Å². The van der Waals surface area contributed by atoms with Crippen LogP contribution >= 0.6 is 11.6 Å². The molecule has 7 nitrogen and oxygen atoms in total. The van der Waals surface area contributed by atoms with Gasteiger partial charge in [-0.15, -0.1) is 5.10 Å². The lowest BCUT2D eigenvalue weighted by Crippen LogP contribution is -2.29. The molecule has 1 amide bonds. The standard InChI is InChI=1S/C13H13ClN6O/c1-9-12(20-8-10(14)2-3-11(20)17-9)13(21)15-4-6-19-7-5-16-18-19/h2-3,5,7-8H,4,6H2,1H3,(H,15,21). The lowest BCUT2D eigenvalue weighted by atomic mass is 10.3. The van der Waals surface area contributed by atoms with Gasteiger partial charge in [-0.3, -0.25) is 13.9 Å². The Morgan fingerprint density at radius 3 is 3.05 bits per heavy atom. The van der Waals surface area contributed by atoms with E-state index < -0.39 is 0 Å². The number of hydrogen-bond acceptors (Lipinski definition) is 4. The molecule has 0 aliphatic rings. The van der Waals surface area contributed by atoms with E-state index >= 15 is 0 Å². The molecule has 0 saturated heterocycles. The number of nitrogens with zero attached hydrogens (tertiary/aromatic N) is 5. The fourth-order valence-electron chi connectivity index (χ4n) is 2.13. The normalized spacial score (nSPS) is 11.0. The molecule has 8 heteroatoms. The molecule has 3 aromatic heterocycles. The minimum absolute atomic E-state index is 0.192. The first-order valence-corrected chi connectivity index (χ1v) is 6.79.